The van der Waals surface area contributed by atoms with Gasteiger partial charge in [-0.2, -0.15) is 0 Å². The first-order valence-corrected chi connectivity index (χ1v) is 9.25. The number of ether oxygens (including phenoxy) is 3. The van der Waals surface area contributed by atoms with Crippen molar-refractivity contribution >= 4 is 18.2 Å². The lowest BCUT2D eigenvalue weighted by Gasteiger charge is -2.12. The second kappa shape index (κ2) is 10.8. The lowest BCUT2D eigenvalue weighted by atomic mass is 10.1. The molecule has 0 fully saturated rings. The predicted octanol–water partition coefficient (Wildman–Crippen LogP) is 4.22. The van der Waals surface area contributed by atoms with E-state index in [1.807, 2.05) is 0 Å². The third-order valence-corrected chi connectivity index (χ3v) is 4.12. The van der Waals surface area contributed by atoms with Crippen LogP contribution in [-0.2, 0) is 9.53 Å². The highest BCUT2D eigenvalue weighted by molar-refractivity contribution is 5.91. The molecule has 0 radical (unpaired) electrons. The van der Waals surface area contributed by atoms with Crippen molar-refractivity contribution < 1.29 is 28.6 Å². The molecule has 0 saturated heterocycles. The molecule has 2 rings (SSSR count). The maximum Gasteiger partial charge on any atom is 0.343 e. The summed E-state index contributed by atoms with van der Waals surface area (Å²) in [6, 6.07) is 10.0. The fourth-order valence-electron chi connectivity index (χ4n) is 2.68. The number of carbonyl (C=O) groups is 3. The molecular weight excluding hydrogens is 372 g/mol. The molecule has 2 aromatic rings. The van der Waals surface area contributed by atoms with E-state index in [1.54, 1.807) is 50.2 Å². The largest absolute Gasteiger partial charge is 0.494 e. The van der Waals surface area contributed by atoms with Gasteiger partial charge in [-0.3, -0.25) is 4.79 Å². The van der Waals surface area contributed by atoms with Gasteiger partial charge < -0.3 is 14.2 Å². The predicted molar refractivity (Wildman–Crippen MR) is 109 cm³/mol. The average Bonchev–Trinajstić information content (AvgIpc) is 2.72. The standard InChI is InChI=1S/C23H24O6/c1-4-21(25)28-12-6-5-11-27-20-9-7-19(8-10-20)23(26)29-22-16(2)13-18(15-24)14-17(22)3/h4,7-10,13-15H,1,5-6,11-12H2,2-3H3. The summed E-state index contributed by atoms with van der Waals surface area (Å²) in [5.74, 6) is 0.175. The molecule has 6 nitrogen and oxygen atoms in total. The number of unbranched alkanes of at least 4 members (excludes halogenated alkanes) is 1. The Bertz CT molecular complexity index is 860. The number of aldehydes is 1. The van der Waals surface area contributed by atoms with Gasteiger partial charge in [0.1, 0.15) is 17.8 Å². The molecule has 152 valence electrons. The van der Waals surface area contributed by atoms with E-state index in [-0.39, 0.29) is 0 Å². The Kier molecular flexibility index (Phi) is 8.15. The third-order valence-electron chi connectivity index (χ3n) is 4.12. The van der Waals surface area contributed by atoms with E-state index in [2.05, 4.69) is 6.58 Å². The topological polar surface area (TPSA) is 78.9 Å². The molecule has 0 aliphatic heterocycles. The van der Waals surface area contributed by atoms with Crippen LogP contribution in [0.5, 0.6) is 11.5 Å². The van der Waals surface area contributed by atoms with Gasteiger partial charge in [-0.25, -0.2) is 9.59 Å². The molecule has 29 heavy (non-hydrogen) atoms. The van der Waals surface area contributed by atoms with Crippen molar-refractivity contribution in [3.8, 4) is 11.5 Å². The molecule has 0 bridgehead atoms. The quantitative estimate of drug-likeness (QED) is 0.197. The molecular formula is C23H24O6. The van der Waals surface area contributed by atoms with E-state index in [9.17, 15) is 14.4 Å². The van der Waals surface area contributed by atoms with Crippen molar-refractivity contribution in [2.24, 2.45) is 0 Å². The SMILES string of the molecule is C=CC(=O)OCCCCOc1ccc(C(=O)Oc2c(C)cc(C=O)cc2C)cc1. The highest BCUT2D eigenvalue weighted by Crippen LogP contribution is 2.25. The Morgan fingerprint density at radius 3 is 2.21 bits per heavy atom. The third kappa shape index (κ3) is 6.60. The van der Waals surface area contributed by atoms with Gasteiger partial charge >= 0.3 is 11.9 Å². The molecule has 0 heterocycles. The summed E-state index contributed by atoms with van der Waals surface area (Å²) in [4.78, 5) is 34.2. The number of aryl methyl sites for hydroxylation is 2. The van der Waals surface area contributed by atoms with Gasteiger partial charge in [-0.15, -0.1) is 0 Å². The lowest BCUT2D eigenvalue weighted by Crippen LogP contribution is -2.10. The van der Waals surface area contributed by atoms with E-state index in [4.69, 9.17) is 14.2 Å². The number of hydrogen-bond donors (Lipinski definition) is 0. The summed E-state index contributed by atoms with van der Waals surface area (Å²) in [5.41, 5.74) is 2.38. The molecule has 0 aromatic heterocycles. The normalized spacial score (nSPS) is 10.1. The zero-order valence-corrected chi connectivity index (χ0v) is 16.6. The molecule has 0 atom stereocenters. The fourth-order valence-corrected chi connectivity index (χ4v) is 2.68. The van der Waals surface area contributed by atoms with Crippen molar-refractivity contribution in [1.29, 1.82) is 0 Å². The van der Waals surface area contributed by atoms with E-state index in [0.717, 1.165) is 29.9 Å². The molecule has 0 aliphatic carbocycles. The number of benzene rings is 2. The minimum Gasteiger partial charge on any atom is -0.494 e. The van der Waals surface area contributed by atoms with Gasteiger partial charge in [0, 0.05) is 11.6 Å². The Morgan fingerprint density at radius 1 is 1.00 bits per heavy atom. The van der Waals surface area contributed by atoms with Crippen molar-refractivity contribution in [2.45, 2.75) is 26.7 Å². The Hall–Kier alpha value is -3.41. The van der Waals surface area contributed by atoms with Crippen molar-refractivity contribution in [3.05, 3.63) is 71.3 Å². The average molecular weight is 396 g/mol. The summed E-state index contributed by atoms with van der Waals surface area (Å²) in [6.45, 7) is 7.70. The van der Waals surface area contributed by atoms with Crippen LogP contribution in [-0.4, -0.2) is 31.4 Å². The van der Waals surface area contributed by atoms with Crippen LogP contribution in [0.3, 0.4) is 0 Å². The Morgan fingerprint density at radius 2 is 1.62 bits per heavy atom. The first-order valence-electron chi connectivity index (χ1n) is 9.25. The highest BCUT2D eigenvalue weighted by Gasteiger charge is 2.13. The molecule has 0 amide bonds. The Labute approximate surface area is 170 Å². The highest BCUT2D eigenvalue weighted by atomic mass is 16.5. The zero-order chi connectivity index (χ0) is 21.2. The monoisotopic (exact) mass is 396 g/mol. The van der Waals surface area contributed by atoms with E-state index < -0.39 is 11.9 Å². The zero-order valence-electron chi connectivity index (χ0n) is 16.6. The number of esters is 2. The number of hydrogen-bond acceptors (Lipinski definition) is 6. The molecule has 0 unspecified atom stereocenters. The van der Waals surface area contributed by atoms with E-state index in [0.29, 0.717) is 42.3 Å². The minimum absolute atomic E-state index is 0.325. The van der Waals surface area contributed by atoms with Crippen LogP contribution in [0.1, 0.15) is 44.7 Å². The first kappa shape index (κ1) is 21.9. The maximum absolute atomic E-state index is 12.4. The van der Waals surface area contributed by atoms with Gasteiger partial charge in [-0.05, 0) is 74.2 Å². The van der Waals surface area contributed by atoms with Gasteiger partial charge in [0.15, 0.2) is 0 Å². The van der Waals surface area contributed by atoms with Gasteiger partial charge in [0.2, 0.25) is 0 Å². The maximum atomic E-state index is 12.4. The molecule has 0 aliphatic rings. The summed E-state index contributed by atoms with van der Waals surface area (Å²) in [7, 11) is 0. The van der Waals surface area contributed by atoms with Crippen molar-refractivity contribution in [3.63, 3.8) is 0 Å². The van der Waals surface area contributed by atoms with Gasteiger partial charge in [0.05, 0.1) is 18.8 Å². The summed E-state index contributed by atoms with van der Waals surface area (Å²) < 4.78 is 16.0. The summed E-state index contributed by atoms with van der Waals surface area (Å²) in [5, 5.41) is 0. The van der Waals surface area contributed by atoms with Crippen LogP contribution in [0.25, 0.3) is 0 Å². The first-order chi connectivity index (χ1) is 13.9. The van der Waals surface area contributed by atoms with Crippen molar-refractivity contribution in [2.75, 3.05) is 13.2 Å². The second-order valence-electron chi connectivity index (χ2n) is 6.44. The Balaban J connectivity index is 1.85. The van der Waals surface area contributed by atoms with Crippen LogP contribution >= 0.6 is 0 Å². The summed E-state index contributed by atoms with van der Waals surface area (Å²) >= 11 is 0. The molecule has 0 spiro atoms. The van der Waals surface area contributed by atoms with Crippen LogP contribution < -0.4 is 9.47 Å². The molecule has 0 N–H and O–H groups in total. The molecule has 0 saturated carbocycles. The molecule has 6 heteroatoms. The van der Waals surface area contributed by atoms with Crippen LogP contribution in [0.2, 0.25) is 0 Å². The van der Waals surface area contributed by atoms with E-state index >= 15 is 0 Å². The lowest BCUT2D eigenvalue weighted by molar-refractivity contribution is -0.137. The number of rotatable bonds is 10. The summed E-state index contributed by atoms with van der Waals surface area (Å²) in [6.07, 6.45) is 3.30. The minimum atomic E-state index is -0.481. The number of carbonyl (C=O) groups excluding carboxylic acids is 3. The molecule has 2 aromatic carbocycles. The fraction of sp³-hybridized carbons (Fsp3) is 0.261. The van der Waals surface area contributed by atoms with Crippen LogP contribution in [0.4, 0.5) is 0 Å². The van der Waals surface area contributed by atoms with Crippen molar-refractivity contribution in [1.82, 2.24) is 0 Å². The van der Waals surface area contributed by atoms with Crippen LogP contribution in [0, 0.1) is 13.8 Å². The van der Waals surface area contributed by atoms with Gasteiger partial charge in [-0.1, -0.05) is 6.58 Å². The second-order valence-corrected chi connectivity index (χ2v) is 6.44. The van der Waals surface area contributed by atoms with Crippen LogP contribution in [0.15, 0.2) is 49.1 Å². The van der Waals surface area contributed by atoms with E-state index in [1.165, 1.54) is 0 Å². The van der Waals surface area contributed by atoms with Gasteiger partial charge in [0.25, 0.3) is 0 Å². The smallest absolute Gasteiger partial charge is 0.343 e.